The van der Waals surface area contributed by atoms with Crippen LogP contribution in [0.5, 0.6) is 11.5 Å². The number of carbonyl (C=O) groups excluding carboxylic acids is 1. The molecule has 2 aromatic rings. The Morgan fingerprint density at radius 1 is 1.17 bits per heavy atom. The molecular weight excluding hydrogens is 310 g/mol. The molecule has 0 radical (unpaired) electrons. The number of methoxy groups -OCH3 is 1. The standard InChI is InChI=1S/C18H17NO5/c1-3-13-4-7-15(8-5-13)18(20)24-16-9-6-14(10-11-19(21)22)12-17(16)23-2/h4-12H,3H2,1-2H3/b11-10+. The molecule has 0 aliphatic heterocycles. The highest BCUT2D eigenvalue weighted by atomic mass is 16.6. The van der Waals surface area contributed by atoms with E-state index in [-0.39, 0.29) is 5.75 Å². The van der Waals surface area contributed by atoms with E-state index in [0.29, 0.717) is 16.9 Å². The van der Waals surface area contributed by atoms with E-state index in [0.717, 1.165) is 18.2 Å². The van der Waals surface area contributed by atoms with Gasteiger partial charge < -0.3 is 9.47 Å². The average molecular weight is 327 g/mol. The number of ether oxygens (including phenoxy) is 2. The first-order valence-electron chi connectivity index (χ1n) is 7.34. The Hall–Kier alpha value is -3.15. The number of benzene rings is 2. The molecule has 0 unspecified atom stereocenters. The Morgan fingerprint density at radius 2 is 1.88 bits per heavy atom. The van der Waals surface area contributed by atoms with E-state index in [1.165, 1.54) is 19.3 Å². The molecule has 0 N–H and O–H groups in total. The number of nitro groups is 1. The van der Waals surface area contributed by atoms with Crippen LogP contribution in [-0.2, 0) is 6.42 Å². The first-order valence-corrected chi connectivity index (χ1v) is 7.34. The minimum absolute atomic E-state index is 0.250. The third kappa shape index (κ3) is 4.42. The van der Waals surface area contributed by atoms with Crippen molar-refractivity contribution in [3.8, 4) is 11.5 Å². The van der Waals surface area contributed by atoms with Crippen LogP contribution in [0.4, 0.5) is 0 Å². The van der Waals surface area contributed by atoms with Gasteiger partial charge in [0, 0.05) is 6.08 Å². The van der Waals surface area contributed by atoms with Gasteiger partial charge in [0.2, 0.25) is 6.20 Å². The van der Waals surface area contributed by atoms with Crippen molar-refractivity contribution in [2.45, 2.75) is 13.3 Å². The monoisotopic (exact) mass is 327 g/mol. The lowest BCUT2D eigenvalue weighted by Gasteiger charge is -2.10. The Kier molecular flexibility index (Phi) is 5.68. The number of hydrogen-bond acceptors (Lipinski definition) is 5. The molecule has 0 atom stereocenters. The minimum atomic E-state index is -0.555. The molecule has 6 heteroatoms. The summed E-state index contributed by atoms with van der Waals surface area (Å²) in [6.45, 7) is 2.03. The predicted octanol–water partition coefficient (Wildman–Crippen LogP) is 3.72. The van der Waals surface area contributed by atoms with Gasteiger partial charge in [0.05, 0.1) is 17.6 Å². The van der Waals surface area contributed by atoms with E-state index in [9.17, 15) is 14.9 Å². The van der Waals surface area contributed by atoms with Crippen LogP contribution in [0.1, 0.15) is 28.4 Å². The van der Waals surface area contributed by atoms with Crippen molar-refractivity contribution in [1.29, 1.82) is 0 Å². The zero-order valence-corrected chi connectivity index (χ0v) is 13.4. The summed E-state index contributed by atoms with van der Waals surface area (Å²) in [4.78, 5) is 22.0. The van der Waals surface area contributed by atoms with Crippen molar-refractivity contribution in [2.75, 3.05) is 7.11 Å². The average Bonchev–Trinajstić information content (AvgIpc) is 2.60. The maximum atomic E-state index is 12.2. The molecule has 124 valence electrons. The van der Waals surface area contributed by atoms with Crippen molar-refractivity contribution < 1.29 is 19.2 Å². The third-order valence-electron chi connectivity index (χ3n) is 3.38. The number of carbonyl (C=O) groups is 1. The molecule has 0 aliphatic carbocycles. The van der Waals surface area contributed by atoms with Gasteiger partial charge in [-0.05, 0) is 41.8 Å². The van der Waals surface area contributed by atoms with Crippen molar-refractivity contribution in [3.05, 3.63) is 75.5 Å². The van der Waals surface area contributed by atoms with Crippen LogP contribution in [0.15, 0.2) is 48.7 Å². The molecule has 0 saturated heterocycles. The normalized spacial score (nSPS) is 10.6. The summed E-state index contributed by atoms with van der Waals surface area (Å²) in [7, 11) is 1.43. The molecule has 0 fully saturated rings. The first-order chi connectivity index (χ1) is 11.5. The lowest BCUT2D eigenvalue weighted by molar-refractivity contribution is -0.400. The summed E-state index contributed by atoms with van der Waals surface area (Å²) in [6, 6.07) is 11.9. The van der Waals surface area contributed by atoms with E-state index >= 15 is 0 Å². The Labute approximate surface area is 139 Å². The second-order valence-corrected chi connectivity index (χ2v) is 4.95. The number of rotatable bonds is 6. The largest absolute Gasteiger partial charge is 0.493 e. The lowest BCUT2D eigenvalue weighted by Crippen LogP contribution is -2.09. The van der Waals surface area contributed by atoms with Gasteiger partial charge in [0.1, 0.15) is 0 Å². The molecule has 6 nitrogen and oxygen atoms in total. The highest BCUT2D eigenvalue weighted by Crippen LogP contribution is 2.29. The molecule has 2 aromatic carbocycles. The van der Waals surface area contributed by atoms with Crippen molar-refractivity contribution in [1.82, 2.24) is 0 Å². The van der Waals surface area contributed by atoms with Gasteiger partial charge in [-0.3, -0.25) is 10.1 Å². The lowest BCUT2D eigenvalue weighted by atomic mass is 10.1. The van der Waals surface area contributed by atoms with Gasteiger partial charge in [-0.1, -0.05) is 25.1 Å². The third-order valence-corrected chi connectivity index (χ3v) is 3.38. The smallest absolute Gasteiger partial charge is 0.343 e. The molecule has 0 aliphatic rings. The Morgan fingerprint density at radius 3 is 2.46 bits per heavy atom. The second kappa shape index (κ2) is 7.92. The van der Waals surface area contributed by atoms with Crippen LogP contribution < -0.4 is 9.47 Å². The predicted molar refractivity (Wildman–Crippen MR) is 89.8 cm³/mol. The van der Waals surface area contributed by atoms with E-state index in [4.69, 9.17) is 9.47 Å². The molecule has 0 bridgehead atoms. The van der Waals surface area contributed by atoms with E-state index in [1.54, 1.807) is 24.3 Å². The highest BCUT2D eigenvalue weighted by molar-refractivity contribution is 5.91. The summed E-state index contributed by atoms with van der Waals surface area (Å²) >= 11 is 0. The van der Waals surface area contributed by atoms with Gasteiger partial charge in [-0.25, -0.2) is 4.79 Å². The summed E-state index contributed by atoms with van der Waals surface area (Å²) in [5, 5.41) is 10.4. The van der Waals surface area contributed by atoms with Crippen LogP contribution in [-0.4, -0.2) is 18.0 Å². The van der Waals surface area contributed by atoms with Gasteiger partial charge >= 0.3 is 5.97 Å². The second-order valence-electron chi connectivity index (χ2n) is 4.95. The first kappa shape index (κ1) is 17.2. The van der Waals surface area contributed by atoms with E-state index in [2.05, 4.69) is 0 Å². The van der Waals surface area contributed by atoms with Gasteiger partial charge in [-0.2, -0.15) is 0 Å². The molecular formula is C18H17NO5. The van der Waals surface area contributed by atoms with Crippen molar-refractivity contribution >= 4 is 12.0 Å². The maximum Gasteiger partial charge on any atom is 0.343 e. The number of nitrogens with zero attached hydrogens (tertiary/aromatic N) is 1. The summed E-state index contributed by atoms with van der Waals surface area (Å²) in [5.74, 6) is 0.0730. The Bertz CT molecular complexity index is 765. The van der Waals surface area contributed by atoms with Crippen LogP contribution in [0.25, 0.3) is 6.08 Å². The number of esters is 1. The van der Waals surface area contributed by atoms with Crippen LogP contribution >= 0.6 is 0 Å². The zero-order valence-electron chi connectivity index (χ0n) is 13.4. The maximum absolute atomic E-state index is 12.2. The highest BCUT2D eigenvalue weighted by Gasteiger charge is 2.12. The molecule has 0 aromatic heterocycles. The fraction of sp³-hybridized carbons (Fsp3) is 0.167. The molecule has 0 amide bonds. The summed E-state index contributed by atoms with van der Waals surface area (Å²) in [5.41, 5.74) is 2.13. The topological polar surface area (TPSA) is 78.7 Å². The molecule has 0 saturated carbocycles. The van der Waals surface area contributed by atoms with Gasteiger partial charge in [-0.15, -0.1) is 0 Å². The fourth-order valence-corrected chi connectivity index (χ4v) is 2.05. The number of hydrogen-bond donors (Lipinski definition) is 0. The molecule has 0 heterocycles. The van der Waals surface area contributed by atoms with Crippen LogP contribution in [0, 0.1) is 10.1 Å². The van der Waals surface area contributed by atoms with E-state index in [1.807, 2.05) is 19.1 Å². The van der Waals surface area contributed by atoms with E-state index < -0.39 is 10.9 Å². The van der Waals surface area contributed by atoms with Crippen LogP contribution in [0.2, 0.25) is 0 Å². The summed E-state index contributed by atoms with van der Waals surface area (Å²) < 4.78 is 10.5. The van der Waals surface area contributed by atoms with Crippen molar-refractivity contribution in [2.24, 2.45) is 0 Å². The molecule has 2 rings (SSSR count). The molecule has 0 spiro atoms. The zero-order chi connectivity index (χ0) is 17.5. The van der Waals surface area contributed by atoms with Crippen molar-refractivity contribution in [3.63, 3.8) is 0 Å². The van der Waals surface area contributed by atoms with Gasteiger partial charge in [0.25, 0.3) is 0 Å². The SMILES string of the molecule is CCc1ccc(C(=O)Oc2ccc(/C=C/[N+](=O)[O-])cc2OC)cc1. The minimum Gasteiger partial charge on any atom is -0.493 e. The summed E-state index contributed by atoms with van der Waals surface area (Å²) in [6.07, 6.45) is 3.05. The fourth-order valence-electron chi connectivity index (χ4n) is 2.05. The van der Waals surface area contributed by atoms with Gasteiger partial charge in [0.15, 0.2) is 11.5 Å². The quantitative estimate of drug-likeness (QED) is 0.350. The molecule has 24 heavy (non-hydrogen) atoms. The number of aryl methyl sites for hydroxylation is 1. The Balaban J connectivity index is 2.18. The van der Waals surface area contributed by atoms with Crippen LogP contribution in [0.3, 0.4) is 0 Å².